The van der Waals surface area contributed by atoms with Crippen LogP contribution in [0.2, 0.25) is 0 Å². The molecule has 6 heteroatoms. The summed E-state index contributed by atoms with van der Waals surface area (Å²) in [5.74, 6) is 0.0259. The van der Waals surface area contributed by atoms with Gasteiger partial charge in [0, 0.05) is 18.7 Å². The standard InChI is InChI=1S/C11H17N3O.2ClH/c1-9(12)5-6-11(15)14-8-10-4-2-3-7-13-10;;/h2-4,7,9H,5-6,8,12H2,1H3,(H,14,15);2*1H. The van der Waals surface area contributed by atoms with E-state index >= 15 is 0 Å². The molecule has 0 aliphatic heterocycles. The Morgan fingerprint density at radius 2 is 2.18 bits per heavy atom. The number of nitrogens with one attached hydrogen (secondary N) is 1. The number of hydrogen-bond acceptors (Lipinski definition) is 3. The van der Waals surface area contributed by atoms with E-state index in [1.807, 2.05) is 25.1 Å². The van der Waals surface area contributed by atoms with Gasteiger partial charge in [-0.25, -0.2) is 0 Å². The molecule has 0 aliphatic rings. The fourth-order valence-electron chi connectivity index (χ4n) is 1.14. The van der Waals surface area contributed by atoms with E-state index in [1.54, 1.807) is 6.20 Å². The summed E-state index contributed by atoms with van der Waals surface area (Å²) >= 11 is 0. The van der Waals surface area contributed by atoms with Crippen LogP contribution in [0.5, 0.6) is 0 Å². The van der Waals surface area contributed by atoms with Gasteiger partial charge in [-0.15, -0.1) is 24.8 Å². The van der Waals surface area contributed by atoms with Crippen molar-refractivity contribution < 1.29 is 4.79 Å². The molecule has 1 rings (SSSR count). The molecular weight excluding hydrogens is 261 g/mol. The molecular formula is C11H19Cl2N3O. The molecule has 1 aromatic rings. The van der Waals surface area contributed by atoms with E-state index < -0.39 is 0 Å². The van der Waals surface area contributed by atoms with E-state index in [4.69, 9.17) is 5.73 Å². The highest BCUT2D eigenvalue weighted by molar-refractivity contribution is 5.85. The molecule has 4 nitrogen and oxygen atoms in total. The molecule has 0 saturated carbocycles. The van der Waals surface area contributed by atoms with Crippen LogP contribution in [0.3, 0.4) is 0 Å². The summed E-state index contributed by atoms with van der Waals surface area (Å²) in [6.45, 7) is 2.38. The van der Waals surface area contributed by atoms with Crippen molar-refractivity contribution in [3.05, 3.63) is 30.1 Å². The van der Waals surface area contributed by atoms with Crippen LogP contribution in [0.15, 0.2) is 24.4 Å². The largest absolute Gasteiger partial charge is 0.350 e. The highest BCUT2D eigenvalue weighted by Crippen LogP contribution is 1.95. The van der Waals surface area contributed by atoms with Crippen molar-refractivity contribution in [1.82, 2.24) is 10.3 Å². The summed E-state index contributed by atoms with van der Waals surface area (Å²) in [5, 5.41) is 2.80. The monoisotopic (exact) mass is 279 g/mol. The highest BCUT2D eigenvalue weighted by atomic mass is 35.5. The van der Waals surface area contributed by atoms with Gasteiger partial charge in [-0.2, -0.15) is 0 Å². The van der Waals surface area contributed by atoms with Crippen LogP contribution in [-0.2, 0) is 11.3 Å². The molecule has 17 heavy (non-hydrogen) atoms. The van der Waals surface area contributed by atoms with Gasteiger partial charge in [0.15, 0.2) is 0 Å². The summed E-state index contributed by atoms with van der Waals surface area (Å²) in [6, 6.07) is 5.70. The Kier molecular flexibility index (Phi) is 11.2. The van der Waals surface area contributed by atoms with Gasteiger partial charge in [-0.1, -0.05) is 6.07 Å². The first-order chi connectivity index (χ1) is 7.18. The lowest BCUT2D eigenvalue weighted by molar-refractivity contribution is -0.121. The van der Waals surface area contributed by atoms with Crippen molar-refractivity contribution >= 4 is 30.7 Å². The number of aromatic nitrogens is 1. The number of halogens is 2. The number of nitrogens with zero attached hydrogens (tertiary/aromatic N) is 1. The van der Waals surface area contributed by atoms with E-state index in [0.29, 0.717) is 19.4 Å². The molecule has 0 saturated heterocycles. The lowest BCUT2D eigenvalue weighted by Crippen LogP contribution is -2.25. The average Bonchev–Trinajstić information content (AvgIpc) is 2.25. The van der Waals surface area contributed by atoms with E-state index in [-0.39, 0.29) is 36.8 Å². The number of pyridine rings is 1. The van der Waals surface area contributed by atoms with Gasteiger partial charge in [-0.05, 0) is 25.5 Å². The zero-order valence-electron chi connectivity index (χ0n) is 9.76. The van der Waals surface area contributed by atoms with Crippen molar-refractivity contribution in [2.75, 3.05) is 0 Å². The highest BCUT2D eigenvalue weighted by Gasteiger charge is 2.03. The molecule has 1 amide bonds. The van der Waals surface area contributed by atoms with Gasteiger partial charge in [0.05, 0.1) is 12.2 Å². The molecule has 1 aromatic heterocycles. The molecule has 3 N–H and O–H groups in total. The SMILES string of the molecule is CC(N)CCC(=O)NCc1ccccn1.Cl.Cl. The van der Waals surface area contributed by atoms with Crippen molar-refractivity contribution in [2.24, 2.45) is 5.73 Å². The second-order valence-corrected chi connectivity index (χ2v) is 3.61. The lowest BCUT2D eigenvalue weighted by atomic mass is 10.2. The molecule has 0 spiro atoms. The molecule has 0 radical (unpaired) electrons. The third-order valence-corrected chi connectivity index (χ3v) is 2.02. The predicted octanol–water partition coefficient (Wildman–Crippen LogP) is 1.67. The number of hydrogen-bond donors (Lipinski definition) is 2. The molecule has 0 fully saturated rings. The molecule has 0 aliphatic carbocycles. The van der Waals surface area contributed by atoms with Crippen molar-refractivity contribution in [3.8, 4) is 0 Å². The molecule has 1 unspecified atom stereocenters. The predicted molar refractivity (Wildman–Crippen MR) is 73.5 cm³/mol. The second kappa shape index (κ2) is 10.3. The Balaban J connectivity index is 0. The van der Waals surface area contributed by atoms with Crippen molar-refractivity contribution in [2.45, 2.75) is 32.4 Å². The Bertz CT molecular complexity index is 307. The number of carbonyl (C=O) groups is 1. The van der Waals surface area contributed by atoms with Crippen LogP contribution >= 0.6 is 24.8 Å². The summed E-state index contributed by atoms with van der Waals surface area (Å²) in [5.41, 5.74) is 6.42. The summed E-state index contributed by atoms with van der Waals surface area (Å²) in [4.78, 5) is 15.4. The van der Waals surface area contributed by atoms with E-state index in [0.717, 1.165) is 5.69 Å². The molecule has 0 aromatic carbocycles. The zero-order chi connectivity index (χ0) is 11.1. The van der Waals surface area contributed by atoms with Crippen LogP contribution in [0, 0.1) is 0 Å². The fourth-order valence-corrected chi connectivity index (χ4v) is 1.14. The maximum atomic E-state index is 11.3. The minimum atomic E-state index is 0. The average molecular weight is 280 g/mol. The third-order valence-electron chi connectivity index (χ3n) is 2.02. The topological polar surface area (TPSA) is 68.0 Å². The van der Waals surface area contributed by atoms with E-state index in [9.17, 15) is 4.79 Å². The van der Waals surface area contributed by atoms with Crippen LogP contribution in [0.25, 0.3) is 0 Å². The van der Waals surface area contributed by atoms with Crippen LogP contribution in [-0.4, -0.2) is 16.9 Å². The van der Waals surface area contributed by atoms with Crippen LogP contribution < -0.4 is 11.1 Å². The van der Waals surface area contributed by atoms with Crippen molar-refractivity contribution in [1.29, 1.82) is 0 Å². The van der Waals surface area contributed by atoms with Crippen LogP contribution in [0.4, 0.5) is 0 Å². The number of nitrogens with two attached hydrogens (primary N) is 1. The first kappa shape index (κ1) is 18.5. The Hall–Kier alpha value is -0.840. The Labute approximate surface area is 114 Å². The zero-order valence-corrected chi connectivity index (χ0v) is 11.4. The first-order valence-electron chi connectivity index (χ1n) is 5.10. The van der Waals surface area contributed by atoms with Crippen LogP contribution in [0.1, 0.15) is 25.5 Å². The number of amides is 1. The van der Waals surface area contributed by atoms with Crippen molar-refractivity contribution in [3.63, 3.8) is 0 Å². The molecule has 98 valence electrons. The minimum Gasteiger partial charge on any atom is -0.350 e. The number of rotatable bonds is 5. The van der Waals surface area contributed by atoms with Gasteiger partial charge in [0.1, 0.15) is 0 Å². The quantitative estimate of drug-likeness (QED) is 0.862. The maximum absolute atomic E-state index is 11.3. The Morgan fingerprint density at radius 1 is 1.47 bits per heavy atom. The molecule has 1 heterocycles. The maximum Gasteiger partial charge on any atom is 0.220 e. The minimum absolute atomic E-state index is 0. The second-order valence-electron chi connectivity index (χ2n) is 3.61. The van der Waals surface area contributed by atoms with Gasteiger partial charge in [-0.3, -0.25) is 9.78 Å². The normalized spacial score (nSPS) is 10.7. The summed E-state index contributed by atoms with van der Waals surface area (Å²) in [6.07, 6.45) is 2.90. The lowest BCUT2D eigenvalue weighted by Gasteiger charge is -2.06. The van der Waals surface area contributed by atoms with Gasteiger partial charge in [0.2, 0.25) is 5.91 Å². The molecule has 1 atom stereocenters. The Morgan fingerprint density at radius 3 is 2.71 bits per heavy atom. The van der Waals surface area contributed by atoms with E-state index in [1.165, 1.54) is 0 Å². The summed E-state index contributed by atoms with van der Waals surface area (Å²) in [7, 11) is 0. The summed E-state index contributed by atoms with van der Waals surface area (Å²) < 4.78 is 0. The molecule has 0 bridgehead atoms. The smallest absolute Gasteiger partial charge is 0.220 e. The number of carbonyl (C=O) groups excluding carboxylic acids is 1. The van der Waals surface area contributed by atoms with E-state index in [2.05, 4.69) is 10.3 Å². The van der Waals surface area contributed by atoms with Gasteiger partial charge < -0.3 is 11.1 Å². The third kappa shape index (κ3) is 8.92. The first-order valence-corrected chi connectivity index (χ1v) is 5.10. The fraction of sp³-hybridized carbons (Fsp3) is 0.455. The van der Waals surface area contributed by atoms with Gasteiger partial charge >= 0.3 is 0 Å². The van der Waals surface area contributed by atoms with Gasteiger partial charge in [0.25, 0.3) is 0 Å².